The van der Waals surface area contributed by atoms with Crippen LogP contribution >= 0.6 is 11.3 Å². The predicted molar refractivity (Wildman–Crippen MR) is 117 cm³/mol. The van der Waals surface area contributed by atoms with Gasteiger partial charge in [-0.1, -0.05) is 23.5 Å². The fraction of sp³-hybridized carbons (Fsp3) is 0.318. The molecular formula is C22H25N3O3S. The monoisotopic (exact) mass is 411 g/mol. The third-order valence-electron chi connectivity index (χ3n) is 4.59. The van der Waals surface area contributed by atoms with E-state index in [0.717, 1.165) is 28.9 Å². The third-order valence-corrected chi connectivity index (χ3v) is 5.63. The van der Waals surface area contributed by atoms with Gasteiger partial charge in [0.05, 0.1) is 17.3 Å². The van der Waals surface area contributed by atoms with Crippen LogP contribution in [0.3, 0.4) is 0 Å². The first-order chi connectivity index (χ1) is 13.9. The molecule has 6 nitrogen and oxygen atoms in total. The number of carbonyl (C=O) groups is 2. The second-order valence-corrected chi connectivity index (χ2v) is 8.09. The van der Waals surface area contributed by atoms with Crippen molar-refractivity contribution in [1.82, 2.24) is 9.88 Å². The van der Waals surface area contributed by atoms with Crippen LogP contribution in [0.1, 0.15) is 34.1 Å². The number of hydrogen-bond donors (Lipinski definition) is 0. The molecule has 0 aliphatic rings. The van der Waals surface area contributed by atoms with E-state index in [1.54, 1.807) is 36.3 Å². The lowest BCUT2D eigenvalue weighted by Crippen LogP contribution is -2.33. The molecule has 0 N–H and O–H groups in total. The molecule has 0 fully saturated rings. The van der Waals surface area contributed by atoms with E-state index in [4.69, 9.17) is 4.74 Å². The first-order valence-electron chi connectivity index (χ1n) is 9.41. The fourth-order valence-electron chi connectivity index (χ4n) is 2.97. The first kappa shape index (κ1) is 21.0. The summed E-state index contributed by atoms with van der Waals surface area (Å²) in [6.45, 7) is 2.94. The Kier molecular flexibility index (Phi) is 6.61. The smallest absolute Gasteiger partial charge is 0.260 e. The number of amides is 1. The van der Waals surface area contributed by atoms with Crippen molar-refractivity contribution in [1.29, 1.82) is 0 Å². The molecule has 0 saturated carbocycles. The first-order valence-corrected chi connectivity index (χ1v) is 10.2. The molecule has 0 saturated heterocycles. The van der Waals surface area contributed by atoms with Gasteiger partial charge < -0.3 is 9.64 Å². The maximum atomic E-state index is 13.3. The number of fused-ring (bicyclic) bond motifs is 1. The van der Waals surface area contributed by atoms with Crippen LogP contribution in [0.2, 0.25) is 0 Å². The lowest BCUT2D eigenvalue weighted by atomic mass is 10.1. The fourth-order valence-corrected chi connectivity index (χ4v) is 3.99. The molecule has 152 valence electrons. The molecule has 0 bridgehead atoms. The number of aromatic nitrogens is 1. The summed E-state index contributed by atoms with van der Waals surface area (Å²) in [5, 5.41) is 0.660. The van der Waals surface area contributed by atoms with E-state index in [9.17, 15) is 9.59 Å². The molecule has 0 spiro atoms. The Morgan fingerprint density at radius 3 is 2.34 bits per heavy atom. The van der Waals surface area contributed by atoms with Crippen LogP contribution in [-0.4, -0.2) is 55.9 Å². The molecule has 0 radical (unpaired) electrons. The lowest BCUT2D eigenvalue weighted by molar-refractivity contribution is 0.0981. The zero-order chi connectivity index (χ0) is 21.0. The van der Waals surface area contributed by atoms with Gasteiger partial charge in [0.15, 0.2) is 10.9 Å². The number of thiazole rings is 1. The normalized spacial score (nSPS) is 11.1. The summed E-state index contributed by atoms with van der Waals surface area (Å²) in [4.78, 5) is 33.3. The summed E-state index contributed by atoms with van der Waals surface area (Å²) in [5.41, 5.74) is 1.97. The average molecular weight is 412 g/mol. The molecule has 3 aromatic rings. The molecule has 0 atom stereocenters. The quantitative estimate of drug-likeness (QED) is 0.522. The summed E-state index contributed by atoms with van der Waals surface area (Å²) >= 11 is 1.47. The van der Waals surface area contributed by atoms with Gasteiger partial charge in [-0.25, -0.2) is 4.98 Å². The van der Waals surface area contributed by atoms with Gasteiger partial charge in [0.2, 0.25) is 0 Å². The number of ketones is 1. The molecule has 29 heavy (non-hydrogen) atoms. The molecule has 3 rings (SSSR count). The number of hydrogen-bond acceptors (Lipinski definition) is 6. The van der Waals surface area contributed by atoms with Crippen molar-refractivity contribution < 1.29 is 14.3 Å². The Morgan fingerprint density at radius 2 is 1.72 bits per heavy atom. The number of ether oxygens (including phenoxy) is 1. The highest BCUT2D eigenvalue weighted by Crippen LogP contribution is 2.32. The third kappa shape index (κ3) is 4.99. The second-order valence-electron chi connectivity index (χ2n) is 7.08. The lowest BCUT2D eigenvalue weighted by Gasteiger charge is -2.21. The number of nitrogens with zero attached hydrogens (tertiary/aromatic N) is 3. The summed E-state index contributed by atoms with van der Waals surface area (Å²) in [7, 11) is 5.65. The number of carbonyl (C=O) groups excluding carboxylic acids is 2. The molecule has 1 amide bonds. The van der Waals surface area contributed by atoms with Gasteiger partial charge in [0.1, 0.15) is 5.75 Å². The van der Waals surface area contributed by atoms with Crippen LogP contribution in [0.4, 0.5) is 5.13 Å². The SMILES string of the molecule is COc1ccc2nc(N(CCCN(C)C)C(=O)c3ccc(C(C)=O)cc3)sc2c1. The number of rotatable bonds is 8. The zero-order valence-corrected chi connectivity index (χ0v) is 18.0. The molecule has 0 aliphatic carbocycles. The molecule has 1 aromatic heterocycles. The number of methoxy groups -OCH3 is 1. The van der Waals surface area contributed by atoms with Crippen LogP contribution < -0.4 is 9.64 Å². The van der Waals surface area contributed by atoms with Crippen molar-refractivity contribution in [3.63, 3.8) is 0 Å². The highest BCUT2D eigenvalue weighted by molar-refractivity contribution is 7.22. The van der Waals surface area contributed by atoms with E-state index in [-0.39, 0.29) is 11.7 Å². The second kappa shape index (κ2) is 9.15. The topological polar surface area (TPSA) is 62.7 Å². The molecular weight excluding hydrogens is 386 g/mol. The molecule has 0 aliphatic heterocycles. The van der Waals surface area contributed by atoms with Crippen molar-refractivity contribution >= 4 is 38.4 Å². The van der Waals surface area contributed by atoms with Gasteiger partial charge in [-0.3, -0.25) is 14.5 Å². The molecule has 1 heterocycles. The number of benzene rings is 2. The standard InChI is InChI=1S/C22H25N3O3S/c1-15(26)16-6-8-17(9-7-16)21(27)25(13-5-12-24(2)3)22-23-19-11-10-18(28-4)14-20(19)29-22/h6-11,14H,5,12-13H2,1-4H3. The van der Waals surface area contributed by atoms with E-state index in [2.05, 4.69) is 9.88 Å². The van der Waals surface area contributed by atoms with Gasteiger partial charge in [0, 0.05) is 17.7 Å². The van der Waals surface area contributed by atoms with Gasteiger partial charge in [-0.05, 0) is 64.3 Å². The minimum Gasteiger partial charge on any atom is -0.497 e. The molecule has 7 heteroatoms. The Morgan fingerprint density at radius 1 is 1.03 bits per heavy atom. The molecule has 0 unspecified atom stereocenters. The largest absolute Gasteiger partial charge is 0.497 e. The molecule has 2 aromatic carbocycles. The maximum Gasteiger partial charge on any atom is 0.260 e. The van der Waals surface area contributed by atoms with Crippen LogP contribution in [0, 0.1) is 0 Å². The van der Waals surface area contributed by atoms with E-state index in [0.29, 0.717) is 22.8 Å². The average Bonchev–Trinajstić information content (AvgIpc) is 3.13. The Hall–Kier alpha value is -2.77. The van der Waals surface area contributed by atoms with E-state index in [1.807, 2.05) is 32.3 Å². The summed E-state index contributed by atoms with van der Waals surface area (Å²) in [6.07, 6.45) is 0.823. The minimum atomic E-state index is -0.120. The van der Waals surface area contributed by atoms with Crippen LogP contribution in [-0.2, 0) is 0 Å². The van der Waals surface area contributed by atoms with Crippen molar-refractivity contribution in [2.24, 2.45) is 0 Å². The summed E-state index contributed by atoms with van der Waals surface area (Å²) < 4.78 is 6.26. The van der Waals surface area contributed by atoms with E-state index >= 15 is 0 Å². The van der Waals surface area contributed by atoms with Gasteiger partial charge in [-0.15, -0.1) is 0 Å². The Bertz CT molecular complexity index is 1010. The van der Waals surface area contributed by atoms with Crippen molar-refractivity contribution in [3.05, 3.63) is 53.6 Å². The van der Waals surface area contributed by atoms with Gasteiger partial charge in [0.25, 0.3) is 5.91 Å². The number of Topliss-reactive ketones (excluding diaryl/α,β-unsaturated/α-hetero) is 1. The highest BCUT2D eigenvalue weighted by atomic mass is 32.1. The highest BCUT2D eigenvalue weighted by Gasteiger charge is 2.21. The van der Waals surface area contributed by atoms with Gasteiger partial charge >= 0.3 is 0 Å². The van der Waals surface area contributed by atoms with E-state index < -0.39 is 0 Å². The number of anilines is 1. The zero-order valence-electron chi connectivity index (χ0n) is 17.1. The van der Waals surface area contributed by atoms with E-state index in [1.165, 1.54) is 18.3 Å². The minimum absolute atomic E-state index is 0.0213. The Labute approximate surface area is 174 Å². The predicted octanol–water partition coefficient (Wildman–Crippen LogP) is 4.11. The summed E-state index contributed by atoms with van der Waals surface area (Å²) in [5.74, 6) is 0.620. The van der Waals surface area contributed by atoms with Crippen LogP contribution in [0.25, 0.3) is 10.2 Å². The van der Waals surface area contributed by atoms with Crippen LogP contribution in [0.5, 0.6) is 5.75 Å². The van der Waals surface area contributed by atoms with Crippen molar-refractivity contribution in [2.75, 3.05) is 39.2 Å². The maximum absolute atomic E-state index is 13.3. The summed E-state index contributed by atoms with van der Waals surface area (Å²) in [6, 6.07) is 12.5. The Balaban J connectivity index is 1.92. The van der Waals surface area contributed by atoms with Crippen molar-refractivity contribution in [2.45, 2.75) is 13.3 Å². The van der Waals surface area contributed by atoms with Crippen LogP contribution in [0.15, 0.2) is 42.5 Å². The van der Waals surface area contributed by atoms with Gasteiger partial charge in [-0.2, -0.15) is 0 Å². The van der Waals surface area contributed by atoms with Crippen molar-refractivity contribution in [3.8, 4) is 5.75 Å².